The van der Waals surface area contributed by atoms with Crippen LogP contribution in [-0.4, -0.2) is 41.1 Å². The number of benzene rings is 1. The van der Waals surface area contributed by atoms with E-state index in [9.17, 15) is 9.59 Å². The molecule has 5 fully saturated rings. The highest BCUT2D eigenvalue weighted by Crippen LogP contribution is 2.65. The fourth-order valence-corrected chi connectivity index (χ4v) is 10.6. The van der Waals surface area contributed by atoms with Gasteiger partial charge in [0.15, 0.2) is 0 Å². The molecule has 40 heavy (non-hydrogen) atoms. The van der Waals surface area contributed by atoms with Crippen molar-refractivity contribution in [1.82, 2.24) is 5.06 Å². The maximum Gasteiger partial charge on any atom is 0.357 e. The van der Waals surface area contributed by atoms with Gasteiger partial charge in [-0.2, -0.15) is 0 Å². The smallest absolute Gasteiger partial charge is 0.357 e. The second-order valence-corrected chi connectivity index (χ2v) is 14.8. The minimum Gasteiger partial charge on any atom is -0.369 e. The average Bonchev–Trinajstić information content (AvgIpc) is 3.39. The standard InChI is InChI=1S/C35H47NO4/c1-21-16-31-32(36(20-21)40-33(38)24-8-6-5-7-9-24)23(3)35(39-31)15-13-27-28-11-10-25-17-26(37)12-14-34(25,4)30(28)18-29(27)22(2)19-35/h5-9,21,23,25,27-28,30-32H,10-20H2,1-4H3/t21-,23+,25+,27-,28-,30-,31+,32-,34-,35-/m0/s1. The molecule has 2 heterocycles. The van der Waals surface area contributed by atoms with Gasteiger partial charge in [0, 0.05) is 25.3 Å². The van der Waals surface area contributed by atoms with Crippen LogP contribution in [0.1, 0.15) is 102 Å². The molecule has 0 aromatic heterocycles. The molecule has 4 aliphatic carbocycles. The van der Waals surface area contributed by atoms with Crippen LogP contribution in [0, 0.1) is 40.9 Å². The highest BCUT2D eigenvalue weighted by Gasteiger charge is 2.60. The lowest BCUT2D eigenvalue weighted by Crippen LogP contribution is -2.52. The van der Waals surface area contributed by atoms with Gasteiger partial charge in [-0.25, -0.2) is 4.79 Å². The Bertz CT molecular complexity index is 1210. The zero-order valence-corrected chi connectivity index (χ0v) is 24.9. The number of nitrogens with zero attached hydrogens (tertiary/aromatic N) is 1. The predicted octanol–water partition coefficient (Wildman–Crippen LogP) is 7.16. The minimum absolute atomic E-state index is 0.0972. The first kappa shape index (κ1) is 26.9. The van der Waals surface area contributed by atoms with Crippen LogP contribution >= 0.6 is 0 Å². The van der Waals surface area contributed by atoms with Crippen molar-refractivity contribution in [3.8, 4) is 0 Å². The largest absolute Gasteiger partial charge is 0.369 e. The second kappa shape index (κ2) is 9.80. The van der Waals surface area contributed by atoms with Crippen molar-refractivity contribution in [2.75, 3.05) is 6.54 Å². The molecule has 7 rings (SSSR count). The van der Waals surface area contributed by atoms with E-state index in [-0.39, 0.29) is 29.6 Å². The fraction of sp³-hybridized carbons (Fsp3) is 0.714. The molecule has 1 aromatic carbocycles. The van der Waals surface area contributed by atoms with Crippen LogP contribution < -0.4 is 0 Å². The number of ketones is 1. The number of fused-ring (bicyclic) bond motifs is 6. The Labute approximate surface area is 240 Å². The zero-order chi connectivity index (χ0) is 27.8. The minimum atomic E-state index is -0.269. The Balaban J connectivity index is 1.13. The second-order valence-electron chi connectivity index (χ2n) is 14.8. The van der Waals surface area contributed by atoms with E-state index >= 15 is 0 Å². The van der Waals surface area contributed by atoms with Crippen LogP contribution in [0.4, 0.5) is 0 Å². The van der Waals surface area contributed by atoms with Gasteiger partial charge in [0.1, 0.15) is 5.78 Å². The van der Waals surface area contributed by atoms with Crippen LogP contribution in [0.15, 0.2) is 41.5 Å². The highest BCUT2D eigenvalue weighted by atomic mass is 16.7. The van der Waals surface area contributed by atoms with Gasteiger partial charge in [0.2, 0.25) is 0 Å². The lowest BCUT2D eigenvalue weighted by molar-refractivity contribution is -0.182. The molecular weight excluding hydrogens is 498 g/mol. The van der Waals surface area contributed by atoms with E-state index in [0.29, 0.717) is 34.5 Å². The maximum atomic E-state index is 13.1. The van der Waals surface area contributed by atoms with Crippen LogP contribution in [0.3, 0.4) is 0 Å². The SMILES string of the molecule is CC1=C2C[C@H]3[C@@H](CC[C@@H]4CC(=O)CC[C@@]43C)[C@@H]2CC[C@@]2(C1)O[C@@H]1C[C@H](C)CN(OC(=O)c3ccccc3)[C@H]1[C@H]2C. The van der Waals surface area contributed by atoms with E-state index in [1.807, 2.05) is 35.4 Å². The lowest BCUT2D eigenvalue weighted by atomic mass is 9.52. The summed E-state index contributed by atoms with van der Waals surface area (Å²) in [5.41, 5.74) is 4.04. The molecule has 0 unspecified atom stereocenters. The Morgan fingerprint density at radius 2 is 1.88 bits per heavy atom. The topological polar surface area (TPSA) is 55.8 Å². The Morgan fingerprint density at radius 3 is 2.67 bits per heavy atom. The number of rotatable bonds is 2. The molecule has 1 spiro atoms. The molecule has 6 aliphatic rings. The molecule has 0 radical (unpaired) electrons. The van der Waals surface area contributed by atoms with Crippen molar-refractivity contribution in [1.29, 1.82) is 0 Å². The monoisotopic (exact) mass is 545 g/mol. The van der Waals surface area contributed by atoms with E-state index in [0.717, 1.165) is 56.9 Å². The van der Waals surface area contributed by atoms with Crippen molar-refractivity contribution in [3.63, 3.8) is 0 Å². The Hall–Kier alpha value is -1.98. The zero-order valence-electron chi connectivity index (χ0n) is 24.9. The summed E-state index contributed by atoms with van der Waals surface area (Å²) in [4.78, 5) is 31.5. The van der Waals surface area contributed by atoms with Crippen molar-refractivity contribution < 1.29 is 19.2 Å². The third-order valence-corrected chi connectivity index (χ3v) is 12.7. The van der Waals surface area contributed by atoms with Crippen LogP contribution in [0.5, 0.6) is 0 Å². The molecule has 5 nitrogen and oxygen atoms in total. The summed E-state index contributed by atoms with van der Waals surface area (Å²) in [6, 6.07) is 9.46. The molecule has 216 valence electrons. The van der Waals surface area contributed by atoms with Gasteiger partial charge in [-0.1, -0.05) is 50.1 Å². The van der Waals surface area contributed by atoms with Gasteiger partial charge in [-0.15, -0.1) is 5.06 Å². The highest BCUT2D eigenvalue weighted by molar-refractivity contribution is 5.89. The van der Waals surface area contributed by atoms with E-state index in [1.54, 1.807) is 11.1 Å². The van der Waals surface area contributed by atoms with Gasteiger partial charge in [0.05, 0.1) is 23.3 Å². The van der Waals surface area contributed by atoms with Crippen molar-refractivity contribution in [2.45, 2.75) is 110 Å². The van der Waals surface area contributed by atoms with E-state index in [1.165, 1.54) is 25.7 Å². The van der Waals surface area contributed by atoms with Gasteiger partial charge in [0.25, 0.3) is 0 Å². The number of hydrogen-bond donors (Lipinski definition) is 0. The quantitative estimate of drug-likeness (QED) is 0.369. The Morgan fingerprint density at radius 1 is 1.07 bits per heavy atom. The van der Waals surface area contributed by atoms with Crippen molar-refractivity contribution in [3.05, 3.63) is 47.0 Å². The van der Waals surface area contributed by atoms with E-state index in [2.05, 4.69) is 27.7 Å². The number of carbonyl (C=O) groups is 2. The van der Waals surface area contributed by atoms with Gasteiger partial charge in [-0.05, 0) is 105 Å². The Kier molecular flexibility index (Phi) is 6.59. The van der Waals surface area contributed by atoms with Gasteiger partial charge >= 0.3 is 5.97 Å². The summed E-state index contributed by atoms with van der Waals surface area (Å²) in [7, 11) is 0. The number of hydrogen-bond acceptors (Lipinski definition) is 5. The maximum absolute atomic E-state index is 13.1. The van der Waals surface area contributed by atoms with Gasteiger partial charge < -0.3 is 9.57 Å². The molecule has 1 aromatic rings. The van der Waals surface area contributed by atoms with Crippen molar-refractivity contribution >= 4 is 11.8 Å². The predicted molar refractivity (Wildman–Crippen MR) is 154 cm³/mol. The molecule has 2 aliphatic heterocycles. The molecule has 0 bridgehead atoms. The van der Waals surface area contributed by atoms with E-state index in [4.69, 9.17) is 9.57 Å². The number of ether oxygens (including phenoxy) is 1. The molecule has 5 heteroatoms. The van der Waals surface area contributed by atoms with Crippen LogP contribution in [0.2, 0.25) is 0 Å². The molecule has 3 saturated carbocycles. The number of hydroxylamine groups is 2. The van der Waals surface area contributed by atoms with Gasteiger partial charge in [-0.3, -0.25) is 4.79 Å². The summed E-state index contributed by atoms with van der Waals surface area (Å²) < 4.78 is 7.16. The summed E-state index contributed by atoms with van der Waals surface area (Å²) in [6.45, 7) is 10.3. The number of piperidine rings is 1. The third-order valence-electron chi connectivity index (χ3n) is 12.7. The van der Waals surface area contributed by atoms with Crippen molar-refractivity contribution in [2.24, 2.45) is 40.9 Å². The molecule has 10 atom stereocenters. The summed E-state index contributed by atoms with van der Waals surface area (Å²) >= 11 is 0. The molecule has 2 saturated heterocycles. The molecule has 0 amide bonds. The fourth-order valence-electron chi connectivity index (χ4n) is 10.6. The number of allylic oxidation sites excluding steroid dienone is 1. The summed E-state index contributed by atoms with van der Waals surface area (Å²) in [6.07, 6.45) is 10.9. The summed E-state index contributed by atoms with van der Waals surface area (Å²) in [5.74, 6) is 3.69. The average molecular weight is 546 g/mol. The normalized spacial score (nSPS) is 45.0. The molecule has 0 N–H and O–H groups in total. The number of Topliss-reactive ketones (excluding diaryl/α,β-unsaturated/α-hetero) is 1. The first-order valence-corrected chi connectivity index (χ1v) is 16.1. The summed E-state index contributed by atoms with van der Waals surface area (Å²) in [5, 5.41) is 1.99. The lowest BCUT2D eigenvalue weighted by Gasteiger charge is -2.52. The first-order valence-electron chi connectivity index (χ1n) is 16.1. The first-order chi connectivity index (χ1) is 19.2. The van der Waals surface area contributed by atoms with Crippen LogP contribution in [-0.2, 0) is 14.4 Å². The third kappa shape index (κ3) is 4.16. The van der Waals surface area contributed by atoms with Crippen LogP contribution in [0.25, 0.3) is 0 Å². The molecular formula is C35H47NO4. The van der Waals surface area contributed by atoms with E-state index < -0.39 is 0 Å². The number of carbonyl (C=O) groups excluding carboxylic acids is 2.